The van der Waals surface area contributed by atoms with Crippen molar-refractivity contribution in [3.63, 3.8) is 0 Å². The molecule has 0 radical (unpaired) electrons. The van der Waals surface area contributed by atoms with Crippen LogP contribution in [-0.4, -0.2) is 59.0 Å². The molecule has 0 aromatic carbocycles. The third-order valence-corrected chi connectivity index (χ3v) is 9.44. The molecule has 0 atom stereocenters. The minimum atomic E-state index is 0.114. The third-order valence-electron chi connectivity index (χ3n) is 9.44. The molecule has 2 aliphatic heterocycles. The van der Waals surface area contributed by atoms with Crippen LogP contribution in [0.15, 0.2) is 0 Å². The van der Waals surface area contributed by atoms with Gasteiger partial charge in [-0.05, 0) is 83.0 Å². The first-order valence-electron chi connectivity index (χ1n) is 12.2. The summed E-state index contributed by atoms with van der Waals surface area (Å²) in [5, 5.41) is 3.57. The van der Waals surface area contributed by atoms with Crippen molar-refractivity contribution in [2.75, 3.05) is 26.2 Å². The Morgan fingerprint density at radius 2 is 1.38 bits per heavy atom. The van der Waals surface area contributed by atoms with Crippen molar-refractivity contribution in [2.45, 2.75) is 110 Å². The van der Waals surface area contributed by atoms with Gasteiger partial charge in [0, 0.05) is 43.3 Å². The molecule has 5 rings (SSSR count). The van der Waals surface area contributed by atoms with E-state index in [4.69, 9.17) is 0 Å². The maximum absolute atomic E-state index is 13.0. The van der Waals surface area contributed by atoms with E-state index in [1.54, 1.807) is 0 Å². The summed E-state index contributed by atoms with van der Waals surface area (Å²) in [5.41, 5.74) is 1.30. The van der Waals surface area contributed by atoms with E-state index in [1.807, 2.05) is 0 Å². The number of fused-ring (bicyclic) bond motifs is 3. The van der Waals surface area contributed by atoms with E-state index in [0.29, 0.717) is 22.8 Å². The molecule has 4 heteroatoms. The molecule has 3 aliphatic carbocycles. The van der Waals surface area contributed by atoms with Gasteiger partial charge in [0.15, 0.2) is 0 Å². The number of hydrogen-bond donors (Lipinski definition) is 1. The first-order valence-corrected chi connectivity index (χ1v) is 12.2. The fourth-order valence-corrected chi connectivity index (χ4v) is 6.74. The van der Waals surface area contributed by atoms with Gasteiger partial charge in [0.25, 0.3) is 0 Å². The van der Waals surface area contributed by atoms with Crippen molar-refractivity contribution < 1.29 is 4.79 Å². The maximum atomic E-state index is 13.0. The zero-order valence-electron chi connectivity index (χ0n) is 19.9. The molecule has 0 aromatic heterocycles. The maximum Gasteiger partial charge on any atom is 0.226 e. The number of hydrogen-bond acceptors (Lipinski definition) is 3. The number of nitrogens with zero attached hydrogens (tertiary/aromatic N) is 2. The largest absolute Gasteiger partial charge is 0.350 e. The van der Waals surface area contributed by atoms with Gasteiger partial charge < -0.3 is 5.32 Å². The zero-order chi connectivity index (χ0) is 21.1. The van der Waals surface area contributed by atoms with Crippen LogP contribution in [0.2, 0.25) is 0 Å². The second-order valence-corrected chi connectivity index (χ2v) is 12.8. The number of likely N-dealkylation sites (tertiary alicyclic amines) is 2. The van der Waals surface area contributed by atoms with Crippen LogP contribution in [0.4, 0.5) is 0 Å². The Morgan fingerprint density at radius 1 is 0.862 bits per heavy atom. The lowest BCUT2D eigenvalue weighted by atomic mass is 9.49. The van der Waals surface area contributed by atoms with E-state index < -0.39 is 0 Å². The average molecular weight is 404 g/mol. The summed E-state index contributed by atoms with van der Waals surface area (Å²) in [7, 11) is 0. The summed E-state index contributed by atoms with van der Waals surface area (Å²) < 4.78 is 0. The Hall–Kier alpha value is -0.610. The molecule has 5 fully saturated rings. The highest BCUT2D eigenvalue weighted by Gasteiger charge is 2.54. The molecule has 29 heavy (non-hydrogen) atoms. The van der Waals surface area contributed by atoms with Crippen molar-refractivity contribution in [1.82, 2.24) is 15.1 Å². The number of rotatable bonds is 3. The summed E-state index contributed by atoms with van der Waals surface area (Å²) in [4.78, 5) is 18.2. The first kappa shape index (κ1) is 21.6. The van der Waals surface area contributed by atoms with E-state index in [0.717, 1.165) is 13.1 Å². The average Bonchev–Trinajstić information content (AvgIpc) is 2.60. The highest BCUT2D eigenvalue weighted by Crippen LogP contribution is 2.60. The van der Waals surface area contributed by atoms with Gasteiger partial charge in [0.2, 0.25) is 5.91 Å². The molecule has 1 amide bonds. The Balaban J connectivity index is 1.23. The van der Waals surface area contributed by atoms with Crippen LogP contribution in [0.25, 0.3) is 0 Å². The first-order chi connectivity index (χ1) is 13.4. The summed E-state index contributed by atoms with van der Waals surface area (Å²) in [6.07, 6.45) is 9.96. The summed E-state index contributed by atoms with van der Waals surface area (Å²) in [6, 6.07) is 0.688. The SMILES string of the molecule is CC(C)(C)N1CCC(N2CC(C(=O)NC34CCC(C(C)(C)C)(CC3)CC4)C2)CC1. The van der Waals surface area contributed by atoms with Crippen molar-refractivity contribution in [3.05, 3.63) is 0 Å². The van der Waals surface area contributed by atoms with Crippen molar-refractivity contribution in [2.24, 2.45) is 16.7 Å². The molecule has 166 valence electrons. The van der Waals surface area contributed by atoms with Crippen molar-refractivity contribution in [1.29, 1.82) is 0 Å². The lowest BCUT2D eigenvalue weighted by Crippen LogP contribution is -2.64. The van der Waals surface area contributed by atoms with Gasteiger partial charge in [0.1, 0.15) is 0 Å². The third kappa shape index (κ3) is 4.01. The molecule has 1 N–H and O–H groups in total. The topological polar surface area (TPSA) is 35.6 Å². The summed E-state index contributed by atoms with van der Waals surface area (Å²) in [6.45, 7) is 18.6. The smallest absolute Gasteiger partial charge is 0.226 e. The van der Waals surface area contributed by atoms with Gasteiger partial charge in [-0.3, -0.25) is 14.6 Å². The van der Waals surface area contributed by atoms with E-state index in [2.05, 4.69) is 56.7 Å². The number of piperidine rings is 1. The highest BCUT2D eigenvalue weighted by molar-refractivity contribution is 5.81. The van der Waals surface area contributed by atoms with Gasteiger partial charge in [-0.25, -0.2) is 0 Å². The van der Waals surface area contributed by atoms with Crippen LogP contribution >= 0.6 is 0 Å². The molecular weight excluding hydrogens is 358 g/mol. The predicted molar refractivity (Wildman–Crippen MR) is 120 cm³/mol. The van der Waals surface area contributed by atoms with Gasteiger partial charge in [-0.15, -0.1) is 0 Å². The number of carbonyl (C=O) groups is 1. The molecule has 4 nitrogen and oxygen atoms in total. The number of nitrogens with one attached hydrogen (secondary N) is 1. The Morgan fingerprint density at radius 3 is 1.83 bits per heavy atom. The van der Waals surface area contributed by atoms with E-state index in [9.17, 15) is 4.79 Å². The molecule has 0 aromatic rings. The lowest BCUT2D eigenvalue weighted by molar-refractivity contribution is -0.138. The molecule has 3 saturated carbocycles. The van der Waals surface area contributed by atoms with E-state index in [-0.39, 0.29) is 17.0 Å². The van der Waals surface area contributed by atoms with E-state index in [1.165, 1.54) is 64.5 Å². The van der Waals surface area contributed by atoms with Gasteiger partial charge in [-0.1, -0.05) is 20.8 Å². The molecule has 2 bridgehead atoms. The van der Waals surface area contributed by atoms with Crippen LogP contribution in [-0.2, 0) is 4.79 Å². The van der Waals surface area contributed by atoms with Crippen LogP contribution in [0.5, 0.6) is 0 Å². The molecule has 0 spiro atoms. The normalized spacial score (nSPS) is 35.5. The number of amides is 1. The van der Waals surface area contributed by atoms with Crippen molar-refractivity contribution in [3.8, 4) is 0 Å². The van der Waals surface area contributed by atoms with Crippen LogP contribution in [0, 0.1) is 16.7 Å². The molecule has 5 aliphatic rings. The molecule has 0 unspecified atom stereocenters. The second kappa shape index (κ2) is 7.22. The second-order valence-electron chi connectivity index (χ2n) is 12.8. The minimum absolute atomic E-state index is 0.114. The molecule has 2 saturated heterocycles. The van der Waals surface area contributed by atoms with Gasteiger partial charge in [0.05, 0.1) is 5.92 Å². The Kier molecular flexibility index (Phi) is 5.38. The fourth-order valence-electron chi connectivity index (χ4n) is 6.74. The van der Waals surface area contributed by atoms with Crippen LogP contribution in [0.3, 0.4) is 0 Å². The minimum Gasteiger partial charge on any atom is -0.350 e. The van der Waals surface area contributed by atoms with Crippen LogP contribution < -0.4 is 5.32 Å². The number of carbonyl (C=O) groups excluding carboxylic acids is 1. The standard InChI is InChI=1S/C25H45N3O/c1-22(2,3)24-9-12-25(13-10-24,14-11-24)26-21(29)19-17-27(18-19)20-7-15-28(16-8-20)23(4,5)6/h19-20H,7-18H2,1-6H3,(H,26,29). The van der Waals surface area contributed by atoms with Gasteiger partial charge >= 0.3 is 0 Å². The molecular formula is C25H45N3O. The highest BCUT2D eigenvalue weighted by atomic mass is 16.2. The predicted octanol–water partition coefficient (Wildman–Crippen LogP) is 4.44. The quantitative estimate of drug-likeness (QED) is 0.757. The summed E-state index contributed by atoms with van der Waals surface area (Å²) >= 11 is 0. The van der Waals surface area contributed by atoms with Crippen molar-refractivity contribution >= 4 is 5.91 Å². The van der Waals surface area contributed by atoms with E-state index >= 15 is 0 Å². The van der Waals surface area contributed by atoms with Gasteiger partial charge in [-0.2, -0.15) is 0 Å². The Labute approximate surface area is 179 Å². The Bertz CT molecular complexity index is 590. The summed E-state index contributed by atoms with van der Waals surface area (Å²) in [5.74, 6) is 0.569. The lowest BCUT2D eigenvalue weighted by Gasteiger charge is -2.59. The monoisotopic (exact) mass is 403 g/mol. The van der Waals surface area contributed by atoms with Crippen LogP contribution in [0.1, 0.15) is 92.9 Å². The zero-order valence-corrected chi connectivity index (χ0v) is 19.9. The fraction of sp³-hybridized carbons (Fsp3) is 0.960. The molecule has 2 heterocycles.